The molecular weight excluding hydrogens is 290 g/mol. The zero-order valence-electron chi connectivity index (χ0n) is 14.3. The zero-order valence-corrected chi connectivity index (χ0v) is 14.3. The minimum absolute atomic E-state index is 0.185. The number of hydrogen-bond acceptors (Lipinski definition) is 3. The van der Waals surface area contributed by atoms with Gasteiger partial charge in [0.25, 0.3) is 0 Å². The Kier molecular flexibility index (Phi) is 5.92. The molecule has 0 aromatic carbocycles. The molecule has 1 N–H and O–H groups in total. The molecule has 5 heteroatoms. The molecule has 0 spiro atoms. The summed E-state index contributed by atoms with van der Waals surface area (Å²) in [6, 6.07) is 0. The van der Waals surface area contributed by atoms with Crippen LogP contribution in [0.4, 0.5) is 0 Å². The average molecular weight is 321 g/mol. The highest BCUT2D eigenvalue weighted by Gasteiger charge is 2.26. The Balaban J connectivity index is 1.33. The molecule has 2 amide bonds. The van der Waals surface area contributed by atoms with E-state index in [9.17, 15) is 9.59 Å². The first-order valence-corrected chi connectivity index (χ1v) is 9.48. The van der Waals surface area contributed by atoms with Crippen molar-refractivity contribution in [1.82, 2.24) is 15.1 Å². The van der Waals surface area contributed by atoms with Gasteiger partial charge in [-0.2, -0.15) is 0 Å². The molecule has 0 radical (unpaired) electrons. The Bertz CT molecular complexity index is 408. The van der Waals surface area contributed by atoms with E-state index in [2.05, 4.69) is 5.32 Å². The van der Waals surface area contributed by atoms with Crippen molar-refractivity contribution >= 4 is 11.8 Å². The number of nitrogens with zero attached hydrogens (tertiary/aromatic N) is 2. The number of carbonyl (C=O) groups excluding carboxylic acids is 2. The van der Waals surface area contributed by atoms with Crippen LogP contribution in [0.15, 0.2) is 0 Å². The molecule has 23 heavy (non-hydrogen) atoms. The fraction of sp³-hybridized carbons (Fsp3) is 0.889. The van der Waals surface area contributed by atoms with Gasteiger partial charge in [-0.05, 0) is 44.1 Å². The molecule has 1 heterocycles. The Hall–Kier alpha value is -1.10. The predicted octanol–water partition coefficient (Wildman–Crippen LogP) is 1.63. The lowest BCUT2D eigenvalue weighted by atomic mass is 9.86. The van der Waals surface area contributed by atoms with E-state index in [0.717, 1.165) is 18.9 Å². The quantitative estimate of drug-likeness (QED) is 0.809. The second kappa shape index (κ2) is 8.13. The molecule has 3 rings (SSSR count). The predicted molar refractivity (Wildman–Crippen MR) is 89.9 cm³/mol. The monoisotopic (exact) mass is 321 g/mol. The van der Waals surface area contributed by atoms with Gasteiger partial charge in [0.15, 0.2) is 0 Å². The summed E-state index contributed by atoms with van der Waals surface area (Å²) in [5, 5.41) is 3.26. The van der Waals surface area contributed by atoms with Gasteiger partial charge >= 0.3 is 0 Å². The minimum atomic E-state index is 0.185. The van der Waals surface area contributed by atoms with Crippen LogP contribution in [0, 0.1) is 11.8 Å². The molecule has 0 unspecified atom stereocenters. The summed E-state index contributed by atoms with van der Waals surface area (Å²) in [4.78, 5) is 28.4. The van der Waals surface area contributed by atoms with Gasteiger partial charge in [0.2, 0.25) is 11.8 Å². The second-order valence-electron chi connectivity index (χ2n) is 7.54. The second-order valence-corrected chi connectivity index (χ2v) is 7.54. The van der Waals surface area contributed by atoms with E-state index in [1.807, 2.05) is 9.80 Å². The normalized spacial score (nSPS) is 23.1. The third-order valence-electron chi connectivity index (χ3n) is 5.58. The molecule has 0 atom stereocenters. The number of nitrogens with one attached hydrogen (secondary N) is 1. The Morgan fingerprint density at radius 2 is 1.39 bits per heavy atom. The average Bonchev–Trinajstić information content (AvgIpc) is 3.40. The van der Waals surface area contributed by atoms with Gasteiger partial charge in [0, 0.05) is 32.6 Å². The number of hydrogen-bond donors (Lipinski definition) is 1. The Labute approximate surface area is 139 Å². The third-order valence-corrected chi connectivity index (χ3v) is 5.58. The molecule has 130 valence electrons. The van der Waals surface area contributed by atoms with Crippen molar-refractivity contribution in [3.8, 4) is 0 Å². The van der Waals surface area contributed by atoms with Crippen LogP contribution in [0.25, 0.3) is 0 Å². The maximum atomic E-state index is 12.4. The number of carbonyl (C=O) groups is 2. The molecule has 5 nitrogen and oxygen atoms in total. The van der Waals surface area contributed by atoms with E-state index in [1.165, 1.54) is 44.9 Å². The van der Waals surface area contributed by atoms with Crippen LogP contribution in [-0.4, -0.2) is 60.9 Å². The van der Waals surface area contributed by atoms with Gasteiger partial charge in [0.1, 0.15) is 0 Å². The van der Waals surface area contributed by atoms with Crippen molar-refractivity contribution in [1.29, 1.82) is 0 Å². The molecule has 1 saturated heterocycles. The van der Waals surface area contributed by atoms with E-state index < -0.39 is 0 Å². The number of rotatable bonds is 6. The van der Waals surface area contributed by atoms with Gasteiger partial charge < -0.3 is 15.1 Å². The summed E-state index contributed by atoms with van der Waals surface area (Å²) < 4.78 is 0. The highest BCUT2D eigenvalue weighted by atomic mass is 16.2. The molecular formula is C18H31N3O2. The van der Waals surface area contributed by atoms with Crippen molar-refractivity contribution in [2.24, 2.45) is 11.8 Å². The molecule has 3 fully saturated rings. The topological polar surface area (TPSA) is 52.7 Å². The number of amides is 2. The van der Waals surface area contributed by atoms with Crippen molar-refractivity contribution < 1.29 is 9.59 Å². The van der Waals surface area contributed by atoms with Crippen LogP contribution in [-0.2, 0) is 9.59 Å². The van der Waals surface area contributed by atoms with Crippen LogP contribution in [0.3, 0.4) is 0 Å². The fourth-order valence-electron chi connectivity index (χ4n) is 3.79. The van der Waals surface area contributed by atoms with Crippen LogP contribution in [0.1, 0.15) is 51.4 Å². The van der Waals surface area contributed by atoms with Gasteiger partial charge in [-0.1, -0.05) is 19.3 Å². The van der Waals surface area contributed by atoms with E-state index in [1.54, 1.807) is 0 Å². The maximum Gasteiger partial charge on any atom is 0.236 e. The van der Waals surface area contributed by atoms with Gasteiger partial charge in [-0.25, -0.2) is 0 Å². The van der Waals surface area contributed by atoms with Crippen molar-refractivity contribution in [2.45, 2.75) is 51.4 Å². The zero-order chi connectivity index (χ0) is 16.1. The van der Waals surface area contributed by atoms with Gasteiger partial charge in [0.05, 0.1) is 6.54 Å². The van der Waals surface area contributed by atoms with Crippen LogP contribution < -0.4 is 5.32 Å². The molecule has 0 aromatic heterocycles. The fourth-order valence-corrected chi connectivity index (χ4v) is 3.79. The number of piperazine rings is 1. The van der Waals surface area contributed by atoms with Crippen molar-refractivity contribution in [3.05, 3.63) is 0 Å². The molecule has 0 bridgehead atoms. The highest BCUT2D eigenvalue weighted by molar-refractivity contribution is 5.79. The molecule has 2 saturated carbocycles. The summed E-state index contributed by atoms with van der Waals surface area (Å²) in [5.41, 5.74) is 0. The van der Waals surface area contributed by atoms with E-state index in [4.69, 9.17) is 0 Å². The summed E-state index contributed by atoms with van der Waals surface area (Å²) >= 11 is 0. The van der Waals surface area contributed by atoms with E-state index in [-0.39, 0.29) is 5.91 Å². The van der Waals surface area contributed by atoms with Crippen LogP contribution in [0.5, 0.6) is 0 Å². The molecule has 3 aliphatic rings. The van der Waals surface area contributed by atoms with Crippen LogP contribution in [0.2, 0.25) is 0 Å². The Morgan fingerprint density at radius 1 is 0.783 bits per heavy atom. The van der Waals surface area contributed by atoms with E-state index in [0.29, 0.717) is 44.5 Å². The molecule has 0 aromatic rings. The SMILES string of the molecule is O=C(CNCC1CC1)N1CCN(C(=O)CC2CCCCC2)CC1. The lowest BCUT2D eigenvalue weighted by Crippen LogP contribution is -2.52. The summed E-state index contributed by atoms with van der Waals surface area (Å²) in [7, 11) is 0. The highest BCUT2D eigenvalue weighted by Crippen LogP contribution is 2.28. The summed E-state index contributed by atoms with van der Waals surface area (Å²) in [6.45, 7) is 4.23. The first kappa shape index (κ1) is 16.7. The van der Waals surface area contributed by atoms with Gasteiger partial charge in [-0.15, -0.1) is 0 Å². The third kappa shape index (κ3) is 5.20. The minimum Gasteiger partial charge on any atom is -0.339 e. The van der Waals surface area contributed by atoms with Crippen molar-refractivity contribution in [3.63, 3.8) is 0 Å². The van der Waals surface area contributed by atoms with Gasteiger partial charge in [-0.3, -0.25) is 9.59 Å². The lowest BCUT2D eigenvalue weighted by molar-refractivity contribution is -0.139. The summed E-state index contributed by atoms with van der Waals surface area (Å²) in [6.07, 6.45) is 9.68. The Morgan fingerprint density at radius 3 is 2.00 bits per heavy atom. The first-order chi connectivity index (χ1) is 11.2. The lowest BCUT2D eigenvalue weighted by Gasteiger charge is -2.35. The maximum absolute atomic E-state index is 12.4. The molecule has 2 aliphatic carbocycles. The first-order valence-electron chi connectivity index (χ1n) is 9.48. The van der Waals surface area contributed by atoms with Crippen LogP contribution >= 0.6 is 0 Å². The van der Waals surface area contributed by atoms with E-state index >= 15 is 0 Å². The standard InChI is InChI=1S/C18H31N3O2/c22-17(12-15-4-2-1-3-5-15)20-8-10-21(11-9-20)18(23)14-19-13-16-6-7-16/h15-16,19H,1-14H2. The smallest absolute Gasteiger partial charge is 0.236 e. The largest absolute Gasteiger partial charge is 0.339 e. The summed E-state index contributed by atoms with van der Waals surface area (Å²) in [5.74, 6) is 1.89. The molecule has 1 aliphatic heterocycles. The van der Waals surface area contributed by atoms with Crippen molar-refractivity contribution in [2.75, 3.05) is 39.3 Å².